The van der Waals surface area contributed by atoms with E-state index in [9.17, 15) is 24.0 Å². The molecule has 1 atom stereocenters. The lowest BCUT2D eigenvalue weighted by Gasteiger charge is -2.34. The van der Waals surface area contributed by atoms with Gasteiger partial charge in [-0.25, -0.2) is 9.59 Å². The van der Waals surface area contributed by atoms with E-state index in [1.54, 1.807) is 0 Å². The summed E-state index contributed by atoms with van der Waals surface area (Å²) in [5.74, 6) is -2.84. The first-order chi connectivity index (χ1) is 28.5. The molecule has 1 aliphatic heterocycles. The number of esters is 3. The number of benzene rings is 1. The molecule has 0 bridgehead atoms. The Hall–Kier alpha value is -3.73. The molecule has 0 unspecified atom stereocenters. The third kappa shape index (κ3) is 27.6. The zero-order valence-corrected chi connectivity index (χ0v) is 37.5. The number of para-hydroxylation sites is 1. The third-order valence-corrected chi connectivity index (χ3v) is 10.6. The number of piperidine rings is 1. The lowest BCUT2D eigenvalue weighted by Crippen LogP contribution is -2.47. The van der Waals surface area contributed by atoms with Gasteiger partial charge >= 0.3 is 23.9 Å². The Labute approximate surface area is 356 Å². The number of carbonyl (C=O) groups is 5. The van der Waals surface area contributed by atoms with Gasteiger partial charge in [0.25, 0.3) is 0 Å². The number of rotatable bonds is 31. The average Bonchev–Trinajstić information content (AvgIpc) is 3.21. The standard InChI is InChI=1S/C31H54O8.C17H26N2O/c1-3-5-7-9-11-13-15-17-19-21-29(34)37-25-27(39-31(36)24-23-28(32)33)26-38-30(35)22-20-18-16-14-12-10-8-6-4-2;1-4-11-19-12-6-5-10-15(19)17(20)18-16-13(2)8-7-9-14(16)3/h23-24,27H,3-22,25-26H2,1-2H3,(H,32,33);7-9,15H,4-6,10-12H2,1-3H3,(H,18,20)/b24-23+;/t;15-/m.0/s1. The van der Waals surface area contributed by atoms with Crippen molar-refractivity contribution in [3.63, 3.8) is 0 Å². The maximum absolute atomic E-state index is 12.6. The summed E-state index contributed by atoms with van der Waals surface area (Å²) >= 11 is 0. The van der Waals surface area contributed by atoms with Gasteiger partial charge in [0, 0.05) is 30.7 Å². The Kier molecular flexibility index (Phi) is 31.7. The van der Waals surface area contributed by atoms with Crippen LogP contribution in [0.4, 0.5) is 5.69 Å². The van der Waals surface area contributed by atoms with Crippen LogP contribution < -0.4 is 5.32 Å². The van der Waals surface area contributed by atoms with E-state index in [4.69, 9.17) is 19.3 Å². The van der Waals surface area contributed by atoms with Crippen LogP contribution in [0.25, 0.3) is 0 Å². The monoisotopic (exact) mass is 829 g/mol. The number of amides is 1. The molecule has 1 aromatic rings. The zero-order valence-electron chi connectivity index (χ0n) is 37.5. The molecule has 1 saturated heterocycles. The maximum Gasteiger partial charge on any atom is 0.331 e. The summed E-state index contributed by atoms with van der Waals surface area (Å²) in [7, 11) is 0. The summed E-state index contributed by atoms with van der Waals surface area (Å²) in [5, 5.41) is 11.8. The van der Waals surface area contributed by atoms with Gasteiger partial charge in [0.05, 0.1) is 6.04 Å². The molecule has 0 radical (unpaired) electrons. The molecule has 0 saturated carbocycles. The van der Waals surface area contributed by atoms with E-state index in [2.05, 4.69) is 31.0 Å². The van der Waals surface area contributed by atoms with Crippen LogP contribution in [0.15, 0.2) is 30.4 Å². The Morgan fingerprint density at radius 3 is 1.63 bits per heavy atom. The normalized spacial score (nSPS) is 14.1. The van der Waals surface area contributed by atoms with Gasteiger partial charge in [0.15, 0.2) is 6.10 Å². The van der Waals surface area contributed by atoms with E-state index in [1.165, 1.54) is 83.5 Å². The molecule has 59 heavy (non-hydrogen) atoms. The molecule has 1 aromatic carbocycles. The van der Waals surface area contributed by atoms with Crippen LogP contribution in [0.3, 0.4) is 0 Å². The van der Waals surface area contributed by atoms with E-state index >= 15 is 0 Å². The number of anilines is 1. The number of carboxylic acid groups (broad SMARTS) is 1. The van der Waals surface area contributed by atoms with Gasteiger partial charge < -0.3 is 24.6 Å². The van der Waals surface area contributed by atoms with Gasteiger partial charge in [-0.3, -0.25) is 19.3 Å². The van der Waals surface area contributed by atoms with Crippen molar-refractivity contribution >= 4 is 35.5 Å². The van der Waals surface area contributed by atoms with Crippen molar-refractivity contribution in [3.8, 4) is 0 Å². The summed E-state index contributed by atoms with van der Waals surface area (Å²) in [5.41, 5.74) is 3.26. The van der Waals surface area contributed by atoms with Gasteiger partial charge in [-0.1, -0.05) is 148 Å². The molecular weight excluding hydrogens is 749 g/mol. The molecule has 11 nitrogen and oxygen atoms in total. The van der Waals surface area contributed by atoms with Crippen molar-refractivity contribution in [1.82, 2.24) is 4.90 Å². The molecule has 336 valence electrons. The number of aliphatic carboxylic acids is 1. The molecule has 1 fully saturated rings. The van der Waals surface area contributed by atoms with Gasteiger partial charge in [0.2, 0.25) is 5.91 Å². The van der Waals surface area contributed by atoms with Crippen molar-refractivity contribution < 1.29 is 43.3 Å². The maximum atomic E-state index is 12.6. The van der Waals surface area contributed by atoms with E-state index in [0.29, 0.717) is 6.08 Å². The van der Waals surface area contributed by atoms with E-state index in [-0.39, 0.29) is 38.0 Å². The van der Waals surface area contributed by atoms with Gasteiger partial charge in [-0.15, -0.1) is 0 Å². The largest absolute Gasteiger partial charge is 0.478 e. The number of ether oxygens (including phenoxy) is 3. The highest BCUT2D eigenvalue weighted by Gasteiger charge is 2.28. The van der Waals surface area contributed by atoms with E-state index in [1.807, 2.05) is 32.0 Å². The topological polar surface area (TPSA) is 149 Å². The first kappa shape index (κ1) is 53.3. The minimum absolute atomic E-state index is 0.0442. The van der Waals surface area contributed by atoms with Crippen LogP contribution in [-0.4, -0.2) is 78.2 Å². The van der Waals surface area contributed by atoms with Crippen LogP contribution in [-0.2, 0) is 38.2 Å². The highest BCUT2D eigenvalue weighted by molar-refractivity contribution is 5.96. The molecule has 0 aromatic heterocycles. The molecule has 0 spiro atoms. The Morgan fingerprint density at radius 2 is 1.17 bits per heavy atom. The summed E-state index contributed by atoms with van der Waals surface area (Å²) < 4.78 is 15.6. The quantitative estimate of drug-likeness (QED) is 0.0320. The van der Waals surface area contributed by atoms with Crippen LogP contribution in [0.5, 0.6) is 0 Å². The molecular formula is C48H80N2O9. The van der Waals surface area contributed by atoms with E-state index < -0.39 is 30.0 Å². The average molecular weight is 829 g/mol. The minimum Gasteiger partial charge on any atom is -0.478 e. The summed E-state index contributed by atoms with van der Waals surface area (Å²) in [6.07, 6.45) is 25.9. The number of nitrogens with one attached hydrogen (secondary N) is 1. The minimum atomic E-state index is -1.29. The number of likely N-dealkylation sites (tertiary alicyclic amines) is 1. The number of hydrogen-bond donors (Lipinski definition) is 2. The second-order valence-electron chi connectivity index (χ2n) is 16.1. The molecule has 1 aliphatic rings. The van der Waals surface area contributed by atoms with Crippen molar-refractivity contribution in [1.29, 1.82) is 0 Å². The zero-order chi connectivity index (χ0) is 43.5. The Bertz CT molecular complexity index is 1290. The first-order valence-corrected chi connectivity index (χ1v) is 23.1. The highest BCUT2D eigenvalue weighted by Crippen LogP contribution is 2.23. The number of hydrogen-bond acceptors (Lipinski definition) is 9. The van der Waals surface area contributed by atoms with E-state index in [0.717, 1.165) is 93.8 Å². The molecule has 11 heteroatoms. The van der Waals surface area contributed by atoms with Gasteiger partial charge in [0.1, 0.15) is 13.2 Å². The van der Waals surface area contributed by atoms with Crippen LogP contribution >= 0.6 is 0 Å². The molecule has 0 aliphatic carbocycles. The SMILES string of the molecule is CCCCCCCCCCCC(=O)OCC(COC(=O)CCCCCCCCCCC)OC(=O)/C=C/C(=O)O.CCCN1CCCC[C@H]1C(=O)Nc1c(C)cccc1C. The van der Waals surface area contributed by atoms with Crippen molar-refractivity contribution in [2.75, 3.05) is 31.6 Å². The van der Waals surface area contributed by atoms with Gasteiger partial charge in [-0.2, -0.15) is 0 Å². The Morgan fingerprint density at radius 1 is 0.695 bits per heavy atom. The van der Waals surface area contributed by atoms with Crippen molar-refractivity contribution in [2.45, 2.75) is 201 Å². The fraction of sp³-hybridized carbons (Fsp3) is 0.729. The lowest BCUT2D eigenvalue weighted by molar-refractivity contribution is -0.163. The fourth-order valence-electron chi connectivity index (χ4n) is 7.20. The second-order valence-corrected chi connectivity index (χ2v) is 16.1. The second kappa shape index (κ2) is 35.1. The molecule has 1 heterocycles. The van der Waals surface area contributed by atoms with Gasteiger partial charge in [-0.05, 0) is 70.2 Å². The van der Waals surface area contributed by atoms with Crippen LogP contribution in [0, 0.1) is 13.8 Å². The molecule has 2 rings (SSSR count). The van der Waals surface area contributed by atoms with Crippen LogP contribution in [0.1, 0.15) is 186 Å². The fourth-order valence-corrected chi connectivity index (χ4v) is 7.20. The summed E-state index contributed by atoms with van der Waals surface area (Å²) in [4.78, 5) is 61.8. The number of nitrogens with zero attached hydrogens (tertiary/aromatic N) is 1. The number of carbonyl (C=O) groups excluding carboxylic acids is 4. The number of unbranched alkanes of at least 4 members (excludes halogenated alkanes) is 16. The summed E-state index contributed by atoms with van der Waals surface area (Å²) in [6.45, 7) is 12.2. The predicted octanol–water partition coefficient (Wildman–Crippen LogP) is 11.0. The van der Waals surface area contributed by atoms with Crippen LogP contribution in [0.2, 0.25) is 0 Å². The highest BCUT2D eigenvalue weighted by atomic mass is 16.6. The lowest BCUT2D eigenvalue weighted by atomic mass is 10.0. The predicted molar refractivity (Wildman–Crippen MR) is 236 cm³/mol. The van der Waals surface area contributed by atoms with Crippen molar-refractivity contribution in [2.24, 2.45) is 0 Å². The number of carboxylic acids is 1. The Balaban J connectivity index is 0.000000719. The molecule has 1 amide bonds. The smallest absolute Gasteiger partial charge is 0.331 e. The third-order valence-electron chi connectivity index (χ3n) is 10.6. The summed E-state index contributed by atoms with van der Waals surface area (Å²) in [6, 6.07) is 6.17. The van der Waals surface area contributed by atoms with Crippen molar-refractivity contribution in [3.05, 3.63) is 41.5 Å². The molecule has 2 N–H and O–H groups in total. The first-order valence-electron chi connectivity index (χ1n) is 23.1. The number of aryl methyl sites for hydroxylation is 2.